The summed E-state index contributed by atoms with van der Waals surface area (Å²) < 4.78 is 6.27. The third-order valence-electron chi connectivity index (χ3n) is 6.16. The van der Waals surface area contributed by atoms with Crippen molar-refractivity contribution in [2.75, 3.05) is 5.32 Å². The Bertz CT molecular complexity index is 1440. The van der Waals surface area contributed by atoms with Gasteiger partial charge < -0.3 is 10.1 Å². The number of hydrogen-bond acceptors (Lipinski definition) is 5. The maximum atomic E-state index is 13.7. The number of halogens is 1. The van der Waals surface area contributed by atoms with Gasteiger partial charge in [-0.15, -0.1) is 0 Å². The van der Waals surface area contributed by atoms with Crippen molar-refractivity contribution in [1.82, 2.24) is 9.88 Å². The Morgan fingerprint density at radius 2 is 1.78 bits per heavy atom. The summed E-state index contributed by atoms with van der Waals surface area (Å²) >= 11 is 3.46. The summed E-state index contributed by atoms with van der Waals surface area (Å²) in [4.78, 5) is 45.3. The average molecular weight is 544 g/mol. The number of hydrogen-bond donors (Lipinski definition) is 1. The molecule has 1 saturated heterocycles. The maximum absolute atomic E-state index is 13.7. The molecular weight excluding hydrogens is 522 g/mol. The third kappa shape index (κ3) is 4.85. The molecule has 8 heteroatoms. The van der Waals surface area contributed by atoms with Gasteiger partial charge in [-0.25, -0.2) is 9.69 Å². The number of carbonyl (C=O) groups excluding carboxylic acids is 3. The first kappa shape index (κ1) is 23.7. The van der Waals surface area contributed by atoms with Crippen LogP contribution in [-0.4, -0.2) is 33.8 Å². The molecule has 0 saturated carbocycles. The maximum Gasteiger partial charge on any atom is 0.417 e. The number of amides is 3. The zero-order valence-corrected chi connectivity index (χ0v) is 20.7. The minimum absolute atomic E-state index is 0.00274. The number of benzene rings is 3. The van der Waals surface area contributed by atoms with Crippen LogP contribution in [0.4, 0.5) is 10.5 Å². The normalized spacial score (nSPS) is 17.2. The first-order valence-electron chi connectivity index (χ1n) is 11.4. The Balaban J connectivity index is 1.46. The number of nitrogens with zero attached hydrogens (tertiary/aromatic N) is 2. The predicted molar refractivity (Wildman–Crippen MR) is 139 cm³/mol. The zero-order chi connectivity index (χ0) is 25.1. The van der Waals surface area contributed by atoms with Crippen LogP contribution in [0, 0.1) is 0 Å². The summed E-state index contributed by atoms with van der Waals surface area (Å²) in [6.07, 6.45) is 0.801. The van der Waals surface area contributed by atoms with Gasteiger partial charge in [-0.1, -0.05) is 76.6 Å². The molecule has 1 aromatic heterocycles. The second kappa shape index (κ2) is 10.3. The minimum atomic E-state index is -1.09. The summed E-state index contributed by atoms with van der Waals surface area (Å²) in [6.45, 7) is -0.00735. The first-order valence-corrected chi connectivity index (χ1v) is 12.2. The molecule has 36 heavy (non-hydrogen) atoms. The lowest BCUT2D eigenvalue weighted by Crippen LogP contribution is -2.47. The highest BCUT2D eigenvalue weighted by molar-refractivity contribution is 9.10. The molecule has 0 aliphatic carbocycles. The van der Waals surface area contributed by atoms with Gasteiger partial charge >= 0.3 is 6.09 Å². The number of nitrogens with one attached hydrogen (secondary N) is 1. The number of carbonyl (C=O) groups is 3. The van der Waals surface area contributed by atoms with Crippen molar-refractivity contribution >= 4 is 50.4 Å². The molecule has 2 atom stereocenters. The summed E-state index contributed by atoms with van der Waals surface area (Å²) in [5, 5.41) is 3.77. The number of aromatic nitrogens is 1. The molecule has 0 unspecified atom stereocenters. The molecule has 7 nitrogen and oxygen atoms in total. The van der Waals surface area contributed by atoms with E-state index in [0.717, 1.165) is 25.9 Å². The van der Waals surface area contributed by atoms with Crippen LogP contribution in [0.15, 0.2) is 95.6 Å². The fourth-order valence-electron chi connectivity index (χ4n) is 4.49. The smallest absolute Gasteiger partial charge is 0.417 e. The molecule has 5 rings (SSSR count). The number of likely N-dealkylation sites (tertiary alicyclic amines) is 1. The molecule has 180 valence electrons. The molecule has 3 aromatic carbocycles. The van der Waals surface area contributed by atoms with E-state index in [1.54, 1.807) is 12.3 Å². The van der Waals surface area contributed by atoms with E-state index in [0.29, 0.717) is 11.2 Å². The van der Waals surface area contributed by atoms with Gasteiger partial charge in [0.2, 0.25) is 11.8 Å². The molecule has 0 spiro atoms. The Kier molecular flexibility index (Phi) is 6.77. The van der Waals surface area contributed by atoms with Crippen LogP contribution < -0.4 is 5.32 Å². The number of rotatable bonds is 5. The molecule has 1 fully saturated rings. The summed E-state index contributed by atoms with van der Waals surface area (Å²) in [7, 11) is 0. The van der Waals surface area contributed by atoms with Crippen molar-refractivity contribution in [2.45, 2.75) is 25.0 Å². The highest BCUT2D eigenvalue weighted by Gasteiger charge is 2.49. The number of ether oxygens (including phenoxy) is 1. The van der Waals surface area contributed by atoms with Crippen LogP contribution in [0.25, 0.3) is 10.9 Å². The topological polar surface area (TPSA) is 88.6 Å². The average Bonchev–Trinajstić information content (AvgIpc) is 3.25. The van der Waals surface area contributed by atoms with E-state index in [9.17, 15) is 14.4 Å². The Morgan fingerprint density at radius 1 is 1.00 bits per heavy atom. The molecule has 1 N–H and O–H groups in total. The lowest BCUT2D eigenvalue weighted by Gasteiger charge is -2.26. The number of para-hydroxylation sites is 1. The van der Waals surface area contributed by atoms with Gasteiger partial charge in [0.25, 0.3) is 0 Å². The summed E-state index contributed by atoms with van der Waals surface area (Å²) in [5.74, 6) is -1.49. The SMILES string of the molecule is O=C(Nc1cccc2cccnc12)[C@@H]1[C@H](c2cccc(Br)c2)CC(=O)N1C(=O)OCc1ccccc1. The van der Waals surface area contributed by atoms with Crippen LogP contribution >= 0.6 is 15.9 Å². The van der Waals surface area contributed by atoms with E-state index in [-0.39, 0.29) is 13.0 Å². The van der Waals surface area contributed by atoms with Gasteiger partial charge in [0.15, 0.2) is 0 Å². The second-order valence-corrected chi connectivity index (χ2v) is 9.40. The lowest BCUT2D eigenvalue weighted by atomic mass is 9.91. The summed E-state index contributed by atoms with van der Waals surface area (Å²) in [6, 6.07) is 24.7. The molecule has 0 radical (unpaired) electrons. The largest absolute Gasteiger partial charge is 0.444 e. The van der Waals surface area contributed by atoms with Crippen molar-refractivity contribution < 1.29 is 19.1 Å². The second-order valence-electron chi connectivity index (χ2n) is 8.48. The van der Waals surface area contributed by atoms with Crippen LogP contribution in [-0.2, 0) is 20.9 Å². The van der Waals surface area contributed by atoms with Gasteiger partial charge in [-0.3, -0.25) is 14.6 Å². The molecule has 2 heterocycles. The fraction of sp³-hybridized carbons (Fsp3) is 0.143. The van der Waals surface area contributed by atoms with E-state index in [4.69, 9.17) is 4.74 Å². The van der Waals surface area contributed by atoms with E-state index < -0.39 is 29.9 Å². The summed E-state index contributed by atoms with van der Waals surface area (Å²) in [5.41, 5.74) is 2.68. The van der Waals surface area contributed by atoms with Gasteiger partial charge in [0.05, 0.1) is 11.2 Å². The lowest BCUT2D eigenvalue weighted by molar-refractivity contribution is -0.131. The molecule has 1 aliphatic rings. The fourth-order valence-corrected chi connectivity index (χ4v) is 4.90. The number of anilines is 1. The number of fused-ring (bicyclic) bond motifs is 1. The molecule has 3 amide bonds. The van der Waals surface area contributed by atoms with E-state index in [2.05, 4.69) is 26.2 Å². The van der Waals surface area contributed by atoms with Gasteiger partial charge in [0.1, 0.15) is 12.6 Å². The van der Waals surface area contributed by atoms with Crippen molar-refractivity contribution in [3.63, 3.8) is 0 Å². The molecule has 4 aromatic rings. The highest BCUT2D eigenvalue weighted by Crippen LogP contribution is 2.37. The van der Waals surface area contributed by atoms with Crippen LogP contribution in [0.5, 0.6) is 0 Å². The zero-order valence-electron chi connectivity index (χ0n) is 19.1. The monoisotopic (exact) mass is 543 g/mol. The van der Waals surface area contributed by atoms with Crippen LogP contribution in [0.1, 0.15) is 23.5 Å². The van der Waals surface area contributed by atoms with Crippen molar-refractivity contribution in [2.24, 2.45) is 0 Å². The van der Waals surface area contributed by atoms with E-state index in [1.807, 2.05) is 78.9 Å². The Hall–Kier alpha value is -4.04. The third-order valence-corrected chi connectivity index (χ3v) is 6.65. The molecular formula is C28H22BrN3O4. The number of pyridine rings is 1. The van der Waals surface area contributed by atoms with Crippen LogP contribution in [0.3, 0.4) is 0 Å². The van der Waals surface area contributed by atoms with E-state index in [1.165, 1.54) is 0 Å². The number of imide groups is 1. The minimum Gasteiger partial charge on any atom is -0.444 e. The van der Waals surface area contributed by atoms with Crippen LogP contribution in [0.2, 0.25) is 0 Å². The van der Waals surface area contributed by atoms with Crippen molar-refractivity contribution in [3.05, 3.63) is 107 Å². The van der Waals surface area contributed by atoms with Crippen molar-refractivity contribution in [3.8, 4) is 0 Å². The van der Waals surface area contributed by atoms with Crippen molar-refractivity contribution in [1.29, 1.82) is 0 Å². The van der Waals surface area contributed by atoms with Gasteiger partial charge in [0, 0.05) is 28.4 Å². The van der Waals surface area contributed by atoms with E-state index >= 15 is 0 Å². The van der Waals surface area contributed by atoms with Gasteiger partial charge in [-0.2, -0.15) is 0 Å². The Morgan fingerprint density at radius 3 is 2.58 bits per heavy atom. The Labute approximate surface area is 216 Å². The molecule has 0 bridgehead atoms. The van der Waals surface area contributed by atoms with Gasteiger partial charge in [-0.05, 0) is 35.4 Å². The quantitative estimate of drug-likeness (QED) is 0.351. The predicted octanol–water partition coefficient (Wildman–Crippen LogP) is 5.66. The first-order chi connectivity index (χ1) is 17.5. The highest BCUT2D eigenvalue weighted by atomic mass is 79.9. The standard InChI is InChI=1S/C28H22BrN3O4/c29-21-12-4-10-20(15-21)22-16-24(33)32(28(35)36-17-18-7-2-1-3-8-18)26(22)27(34)31-23-13-5-9-19-11-6-14-30-25(19)23/h1-15,22,26H,16-17H2,(H,31,34)/t22-,26-/m0/s1. The molecule has 1 aliphatic heterocycles.